The molecule has 12 nitrogen and oxygen atoms in total. The summed E-state index contributed by atoms with van der Waals surface area (Å²) in [6.07, 6.45) is 3.36. The lowest BCUT2D eigenvalue weighted by molar-refractivity contribution is -0.142. The van der Waals surface area contributed by atoms with Crippen LogP contribution in [-0.2, 0) is 14.3 Å². The number of carbonyl (C=O) groups is 3. The molecule has 0 aliphatic carbocycles. The number of ether oxygens (including phenoxy) is 1. The number of nitrogens with one attached hydrogen (secondary N) is 2. The summed E-state index contributed by atoms with van der Waals surface area (Å²) in [5, 5.41) is 10.8. The average molecular weight is 736 g/mol. The SMILES string of the molecule is NC(=O)O[C@@H](C(=O)N1CCC[C@H]1c1ncc(-c2ccc(-c3ccc(-c4cnc([C@@H]5CCCN5C(=O)[C@H](O)c5ccccc5)[nH]4)cc3)cc2)[nH]1)c1ccccc1. The van der Waals surface area contributed by atoms with Crippen LogP contribution in [-0.4, -0.2) is 65.8 Å². The third-order valence-electron chi connectivity index (χ3n) is 10.5. The first-order valence-corrected chi connectivity index (χ1v) is 18.5. The minimum Gasteiger partial charge on any atom is -0.431 e. The van der Waals surface area contributed by atoms with Crippen LogP contribution >= 0.6 is 0 Å². The van der Waals surface area contributed by atoms with E-state index in [1.165, 1.54) is 0 Å². The highest BCUT2D eigenvalue weighted by Crippen LogP contribution is 2.36. The van der Waals surface area contributed by atoms with Gasteiger partial charge in [0.1, 0.15) is 11.6 Å². The summed E-state index contributed by atoms with van der Waals surface area (Å²) in [7, 11) is 0. The molecule has 3 amide bonds. The lowest BCUT2D eigenvalue weighted by Crippen LogP contribution is -2.37. The van der Waals surface area contributed by atoms with Crippen molar-refractivity contribution in [1.29, 1.82) is 0 Å². The topological polar surface area (TPSA) is 171 Å². The number of nitrogens with two attached hydrogens (primary N) is 1. The number of aromatic amines is 2. The average Bonchev–Trinajstić information content (AvgIpc) is 4.07. The van der Waals surface area contributed by atoms with E-state index in [4.69, 9.17) is 10.5 Å². The Morgan fingerprint density at radius 1 is 0.636 bits per heavy atom. The van der Waals surface area contributed by atoms with E-state index in [-0.39, 0.29) is 23.9 Å². The lowest BCUT2D eigenvalue weighted by atomic mass is 10.0. The molecule has 0 spiro atoms. The molecule has 0 unspecified atom stereocenters. The van der Waals surface area contributed by atoms with Crippen molar-refractivity contribution in [3.05, 3.63) is 144 Å². The molecule has 0 bridgehead atoms. The Labute approximate surface area is 318 Å². The van der Waals surface area contributed by atoms with E-state index in [9.17, 15) is 19.5 Å². The summed E-state index contributed by atoms with van der Waals surface area (Å²) in [5.41, 5.74) is 12.2. The lowest BCUT2D eigenvalue weighted by Gasteiger charge is -2.27. The van der Waals surface area contributed by atoms with Gasteiger partial charge >= 0.3 is 6.09 Å². The molecule has 2 saturated heterocycles. The highest BCUT2D eigenvalue weighted by Gasteiger charge is 2.38. The van der Waals surface area contributed by atoms with Crippen molar-refractivity contribution in [1.82, 2.24) is 29.7 Å². The van der Waals surface area contributed by atoms with E-state index in [1.807, 2.05) is 48.5 Å². The summed E-state index contributed by atoms with van der Waals surface area (Å²) < 4.78 is 5.29. The number of primary amides is 1. The molecule has 8 rings (SSSR count). The summed E-state index contributed by atoms with van der Waals surface area (Å²) >= 11 is 0. The van der Waals surface area contributed by atoms with Crippen molar-refractivity contribution in [2.45, 2.75) is 50.0 Å². The fourth-order valence-corrected chi connectivity index (χ4v) is 7.71. The van der Waals surface area contributed by atoms with Crippen LogP contribution < -0.4 is 5.73 Å². The molecule has 12 heteroatoms. The predicted molar refractivity (Wildman–Crippen MR) is 206 cm³/mol. The van der Waals surface area contributed by atoms with Crippen molar-refractivity contribution < 1.29 is 24.2 Å². The minimum absolute atomic E-state index is 0.224. The smallest absolute Gasteiger partial charge is 0.405 e. The molecule has 5 N–H and O–H groups in total. The van der Waals surface area contributed by atoms with Gasteiger partial charge in [-0.2, -0.15) is 0 Å². The molecule has 2 aliphatic heterocycles. The van der Waals surface area contributed by atoms with E-state index in [1.54, 1.807) is 58.6 Å². The van der Waals surface area contributed by atoms with Crippen molar-refractivity contribution >= 4 is 17.9 Å². The Morgan fingerprint density at radius 3 is 1.55 bits per heavy atom. The van der Waals surface area contributed by atoms with Gasteiger partial charge in [-0.1, -0.05) is 109 Å². The molecular weight excluding hydrogens is 695 g/mol. The van der Waals surface area contributed by atoms with Gasteiger partial charge in [0.05, 0.1) is 35.9 Å². The third kappa shape index (κ3) is 7.36. The molecule has 278 valence electrons. The zero-order valence-corrected chi connectivity index (χ0v) is 30.0. The van der Waals surface area contributed by atoms with Crippen LogP contribution in [0, 0.1) is 0 Å². The first kappa shape index (κ1) is 35.5. The Morgan fingerprint density at radius 2 is 1.07 bits per heavy atom. The van der Waals surface area contributed by atoms with Crippen LogP contribution in [0.1, 0.15) is 72.8 Å². The second-order valence-corrected chi connectivity index (χ2v) is 13.9. The van der Waals surface area contributed by atoms with Gasteiger partial charge in [-0.15, -0.1) is 0 Å². The first-order valence-electron chi connectivity index (χ1n) is 18.5. The second-order valence-electron chi connectivity index (χ2n) is 13.9. The standard InChI is InChI=1S/C43H41N7O5/c44-43(54)55-38(32-11-5-2-6-12-32)42(53)50-24-8-14-36(50)40-46-26-34(48-40)30-21-17-28(18-22-30)27-15-19-29(20-16-27)33-25-45-39(47-33)35-13-7-23-49(35)41(52)37(51)31-9-3-1-4-10-31/h1-6,9-12,15-22,25-26,35-38,51H,7-8,13-14,23-24H2,(H2,44,54)(H,45,47)(H,46,48)/t35-,36-,37+,38+/m0/s1. The monoisotopic (exact) mass is 735 g/mol. The fraction of sp³-hybridized carbons (Fsp3) is 0.233. The quantitative estimate of drug-likeness (QED) is 0.117. The Balaban J connectivity index is 0.925. The maximum absolute atomic E-state index is 13.7. The fourth-order valence-electron chi connectivity index (χ4n) is 7.71. The molecule has 2 aliphatic rings. The van der Waals surface area contributed by atoms with Crippen LogP contribution in [0.2, 0.25) is 0 Å². The number of H-pyrrole nitrogens is 2. The number of hydrogen-bond acceptors (Lipinski definition) is 7. The van der Waals surface area contributed by atoms with Gasteiger partial charge in [0.25, 0.3) is 11.8 Å². The van der Waals surface area contributed by atoms with Crippen molar-refractivity contribution in [3.63, 3.8) is 0 Å². The van der Waals surface area contributed by atoms with Crippen LogP contribution in [0.15, 0.2) is 122 Å². The van der Waals surface area contributed by atoms with Gasteiger partial charge in [0.15, 0.2) is 6.10 Å². The molecule has 0 radical (unpaired) electrons. The number of amides is 3. The molecule has 4 heterocycles. The number of hydrogen-bond donors (Lipinski definition) is 4. The molecule has 0 saturated carbocycles. The largest absolute Gasteiger partial charge is 0.431 e. The van der Waals surface area contributed by atoms with Crippen molar-refractivity contribution in [2.75, 3.05) is 13.1 Å². The molecule has 6 aromatic rings. The maximum Gasteiger partial charge on any atom is 0.405 e. The summed E-state index contributed by atoms with van der Waals surface area (Å²) in [4.78, 5) is 58.3. The van der Waals surface area contributed by atoms with E-state index < -0.39 is 18.3 Å². The van der Waals surface area contributed by atoms with Crippen LogP contribution in [0.25, 0.3) is 33.6 Å². The predicted octanol–water partition coefficient (Wildman–Crippen LogP) is 7.03. The van der Waals surface area contributed by atoms with Crippen LogP contribution in [0.3, 0.4) is 0 Å². The molecular formula is C43H41N7O5. The van der Waals surface area contributed by atoms with Crippen LogP contribution in [0.5, 0.6) is 0 Å². The third-order valence-corrected chi connectivity index (χ3v) is 10.5. The maximum atomic E-state index is 13.7. The highest BCUT2D eigenvalue weighted by molar-refractivity contribution is 5.85. The summed E-state index contributed by atoms with van der Waals surface area (Å²) in [5.74, 6) is 0.739. The van der Waals surface area contributed by atoms with Gasteiger partial charge in [0, 0.05) is 18.7 Å². The zero-order chi connectivity index (χ0) is 37.9. The van der Waals surface area contributed by atoms with Gasteiger partial charge < -0.3 is 35.3 Å². The van der Waals surface area contributed by atoms with Gasteiger partial charge in [-0.3, -0.25) is 9.59 Å². The Kier molecular flexibility index (Phi) is 9.97. The Hall–Kier alpha value is -6.53. The molecule has 55 heavy (non-hydrogen) atoms. The van der Waals surface area contributed by atoms with Crippen molar-refractivity contribution in [3.8, 4) is 33.6 Å². The number of aliphatic hydroxyl groups is 1. The number of aromatic nitrogens is 4. The second kappa shape index (κ2) is 15.4. The van der Waals surface area contributed by atoms with Crippen molar-refractivity contribution in [2.24, 2.45) is 5.73 Å². The molecule has 4 aromatic carbocycles. The summed E-state index contributed by atoms with van der Waals surface area (Å²) in [6, 6.07) is 33.8. The number of rotatable bonds is 10. The number of nitrogens with zero attached hydrogens (tertiary/aromatic N) is 4. The van der Waals surface area contributed by atoms with Crippen LogP contribution in [0.4, 0.5) is 4.79 Å². The number of carbonyl (C=O) groups excluding carboxylic acids is 3. The van der Waals surface area contributed by atoms with Gasteiger partial charge in [-0.25, -0.2) is 14.8 Å². The number of likely N-dealkylation sites (tertiary alicyclic amines) is 2. The van der Waals surface area contributed by atoms with E-state index >= 15 is 0 Å². The number of imidazole rings is 2. The van der Waals surface area contributed by atoms with E-state index in [2.05, 4.69) is 44.2 Å². The first-order chi connectivity index (χ1) is 26.8. The number of aliphatic hydroxyl groups excluding tert-OH is 1. The normalized spacial score (nSPS) is 17.9. The molecule has 2 aromatic heterocycles. The zero-order valence-electron chi connectivity index (χ0n) is 30.0. The minimum atomic E-state index is -1.21. The number of benzene rings is 4. The van der Waals surface area contributed by atoms with E-state index in [0.29, 0.717) is 35.9 Å². The molecule has 4 atom stereocenters. The van der Waals surface area contributed by atoms with E-state index in [0.717, 1.165) is 59.3 Å². The van der Waals surface area contributed by atoms with Gasteiger partial charge in [-0.05, 0) is 53.5 Å². The van der Waals surface area contributed by atoms with Gasteiger partial charge in [0.2, 0.25) is 6.10 Å². The summed E-state index contributed by atoms with van der Waals surface area (Å²) in [6.45, 7) is 1.09. The Bertz CT molecular complexity index is 2270. The highest BCUT2D eigenvalue weighted by atomic mass is 16.6. The molecule has 2 fully saturated rings.